The van der Waals surface area contributed by atoms with Gasteiger partial charge in [-0.3, -0.25) is 10.2 Å². The van der Waals surface area contributed by atoms with E-state index in [0.717, 1.165) is 64.8 Å². The predicted octanol–water partition coefficient (Wildman–Crippen LogP) is 1.47. The third-order valence-electron chi connectivity index (χ3n) is 4.81. The van der Waals surface area contributed by atoms with Gasteiger partial charge in [0.15, 0.2) is 0 Å². The van der Waals surface area contributed by atoms with Crippen molar-refractivity contribution in [2.75, 3.05) is 32.7 Å². The molecule has 2 aliphatic rings. The number of likely N-dealkylation sites (tertiary alicyclic amines) is 2. The Hall–Kier alpha value is -0.940. The SMILES string of the molecule is CCCC(=N)C(=O)N1CCC(CN2CCC(N)CC2)CC1. The zero-order valence-corrected chi connectivity index (χ0v) is 13.3. The molecule has 2 aliphatic heterocycles. The highest BCUT2D eigenvalue weighted by Crippen LogP contribution is 2.20. The van der Waals surface area contributed by atoms with Crippen LogP contribution in [0.1, 0.15) is 45.4 Å². The van der Waals surface area contributed by atoms with Crippen molar-refractivity contribution in [2.45, 2.75) is 51.5 Å². The molecule has 5 heteroatoms. The maximum Gasteiger partial charge on any atom is 0.267 e. The Bertz CT molecular complexity index is 355. The van der Waals surface area contributed by atoms with E-state index in [1.807, 2.05) is 11.8 Å². The third-order valence-corrected chi connectivity index (χ3v) is 4.81. The van der Waals surface area contributed by atoms with E-state index >= 15 is 0 Å². The fourth-order valence-electron chi connectivity index (χ4n) is 3.37. The molecule has 2 fully saturated rings. The van der Waals surface area contributed by atoms with Gasteiger partial charge in [-0.1, -0.05) is 13.3 Å². The molecule has 0 aliphatic carbocycles. The minimum Gasteiger partial charge on any atom is -0.338 e. The van der Waals surface area contributed by atoms with Gasteiger partial charge in [-0.15, -0.1) is 0 Å². The van der Waals surface area contributed by atoms with Crippen molar-refractivity contribution >= 4 is 11.6 Å². The number of nitrogens with one attached hydrogen (secondary N) is 1. The standard InChI is InChI=1S/C16H30N4O/c1-2-3-15(18)16(21)20-10-4-13(5-11-20)12-19-8-6-14(17)7-9-19/h13-14,18H,2-12,17H2,1H3. The van der Waals surface area contributed by atoms with Crippen LogP contribution in [0.2, 0.25) is 0 Å². The van der Waals surface area contributed by atoms with E-state index in [-0.39, 0.29) is 11.6 Å². The van der Waals surface area contributed by atoms with E-state index in [1.165, 1.54) is 0 Å². The largest absolute Gasteiger partial charge is 0.338 e. The number of piperidine rings is 2. The number of nitrogens with two attached hydrogens (primary N) is 1. The molecule has 0 bridgehead atoms. The summed E-state index contributed by atoms with van der Waals surface area (Å²) in [7, 11) is 0. The first-order valence-corrected chi connectivity index (χ1v) is 8.44. The minimum atomic E-state index is -0.0424. The lowest BCUT2D eigenvalue weighted by atomic mass is 9.94. The summed E-state index contributed by atoms with van der Waals surface area (Å²) >= 11 is 0. The maximum absolute atomic E-state index is 12.1. The van der Waals surface area contributed by atoms with Crippen LogP contribution in [0.25, 0.3) is 0 Å². The number of rotatable bonds is 5. The highest BCUT2D eigenvalue weighted by atomic mass is 16.2. The molecular weight excluding hydrogens is 264 g/mol. The molecule has 2 heterocycles. The molecule has 0 radical (unpaired) electrons. The van der Waals surface area contributed by atoms with Crippen LogP contribution in [-0.4, -0.2) is 60.2 Å². The van der Waals surface area contributed by atoms with Crippen LogP contribution in [0.3, 0.4) is 0 Å². The van der Waals surface area contributed by atoms with Gasteiger partial charge in [-0.2, -0.15) is 0 Å². The molecule has 0 aromatic rings. The van der Waals surface area contributed by atoms with Crippen LogP contribution in [0.4, 0.5) is 0 Å². The summed E-state index contributed by atoms with van der Waals surface area (Å²) < 4.78 is 0. The van der Waals surface area contributed by atoms with Crippen LogP contribution in [0.15, 0.2) is 0 Å². The second-order valence-corrected chi connectivity index (χ2v) is 6.60. The molecule has 1 amide bonds. The van der Waals surface area contributed by atoms with Crippen LogP contribution in [0.5, 0.6) is 0 Å². The van der Waals surface area contributed by atoms with Crippen LogP contribution in [-0.2, 0) is 4.79 Å². The quantitative estimate of drug-likeness (QED) is 0.754. The summed E-state index contributed by atoms with van der Waals surface area (Å²) in [5.74, 6) is 0.656. The number of carbonyl (C=O) groups excluding carboxylic acids is 1. The number of carbonyl (C=O) groups is 1. The molecule has 0 aromatic carbocycles. The number of amides is 1. The third kappa shape index (κ3) is 4.78. The van der Waals surface area contributed by atoms with Crippen LogP contribution in [0, 0.1) is 11.3 Å². The smallest absolute Gasteiger partial charge is 0.267 e. The molecule has 3 N–H and O–H groups in total. The zero-order valence-electron chi connectivity index (χ0n) is 13.3. The van der Waals surface area contributed by atoms with Crippen molar-refractivity contribution < 1.29 is 4.79 Å². The molecule has 5 nitrogen and oxygen atoms in total. The van der Waals surface area contributed by atoms with Crippen molar-refractivity contribution in [1.29, 1.82) is 5.41 Å². The maximum atomic E-state index is 12.1. The molecular formula is C16H30N4O. The summed E-state index contributed by atoms with van der Waals surface area (Å²) in [5, 5.41) is 7.79. The van der Waals surface area contributed by atoms with E-state index in [9.17, 15) is 4.79 Å². The first-order chi connectivity index (χ1) is 10.1. The lowest BCUT2D eigenvalue weighted by Gasteiger charge is -2.37. The molecule has 0 unspecified atom stereocenters. The zero-order chi connectivity index (χ0) is 15.2. The topological polar surface area (TPSA) is 73.4 Å². The van der Waals surface area contributed by atoms with Gasteiger partial charge in [0, 0.05) is 25.7 Å². The van der Waals surface area contributed by atoms with Crippen LogP contribution < -0.4 is 5.73 Å². The monoisotopic (exact) mass is 294 g/mol. The van der Waals surface area contributed by atoms with Gasteiger partial charge in [-0.25, -0.2) is 0 Å². The van der Waals surface area contributed by atoms with Gasteiger partial charge in [0.2, 0.25) is 0 Å². The van der Waals surface area contributed by atoms with Gasteiger partial charge >= 0.3 is 0 Å². The summed E-state index contributed by atoms with van der Waals surface area (Å²) in [6.45, 7) is 7.06. The second-order valence-electron chi connectivity index (χ2n) is 6.60. The fraction of sp³-hybridized carbons (Fsp3) is 0.875. The first-order valence-electron chi connectivity index (χ1n) is 8.44. The van der Waals surface area contributed by atoms with Gasteiger partial charge in [-0.05, 0) is 51.1 Å². The number of hydrogen-bond acceptors (Lipinski definition) is 4. The summed E-state index contributed by atoms with van der Waals surface area (Å²) in [6, 6.07) is 0.394. The fourth-order valence-corrected chi connectivity index (χ4v) is 3.37. The lowest BCUT2D eigenvalue weighted by Crippen LogP contribution is -2.46. The first kappa shape index (κ1) is 16.4. The Labute approximate surface area is 128 Å². The Kier molecular flexibility index (Phi) is 6.18. The molecule has 0 aromatic heterocycles. The van der Waals surface area contributed by atoms with Gasteiger partial charge < -0.3 is 15.5 Å². The highest BCUT2D eigenvalue weighted by molar-refractivity contribution is 6.37. The number of nitrogens with zero attached hydrogens (tertiary/aromatic N) is 2. The highest BCUT2D eigenvalue weighted by Gasteiger charge is 2.26. The molecule has 2 rings (SSSR count). The lowest BCUT2D eigenvalue weighted by molar-refractivity contribution is -0.125. The van der Waals surface area contributed by atoms with E-state index < -0.39 is 0 Å². The average molecular weight is 294 g/mol. The Morgan fingerprint density at radius 3 is 2.33 bits per heavy atom. The average Bonchev–Trinajstić information content (AvgIpc) is 2.50. The van der Waals surface area contributed by atoms with Crippen LogP contribution >= 0.6 is 0 Å². The Morgan fingerprint density at radius 1 is 1.14 bits per heavy atom. The van der Waals surface area contributed by atoms with E-state index in [2.05, 4.69) is 4.90 Å². The Balaban J connectivity index is 1.70. The molecule has 21 heavy (non-hydrogen) atoms. The van der Waals surface area contributed by atoms with Gasteiger partial charge in [0.25, 0.3) is 5.91 Å². The molecule has 120 valence electrons. The van der Waals surface area contributed by atoms with Crippen molar-refractivity contribution in [3.8, 4) is 0 Å². The van der Waals surface area contributed by atoms with Gasteiger partial charge in [0.1, 0.15) is 0 Å². The summed E-state index contributed by atoms with van der Waals surface area (Å²) in [5.41, 5.74) is 6.22. The Morgan fingerprint density at radius 2 is 1.76 bits per heavy atom. The molecule has 0 spiro atoms. The van der Waals surface area contributed by atoms with E-state index in [0.29, 0.717) is 18.4 Å². The molecule has 0 atom stereocenters. The summed E-state index contributed by atoms with van der Waals surface area (Å²) in [6.07, 6.45) is 5.86. The van der Waals surface area contributed by atoms with Gasteiger partial charge in [0.05, 0.1) is 5.71 Å². The van der Waals surface area contributed by atoms with Crippen molar-refractivity contribution in [2.24, 2.45) is 11.7 Å². The van der Waals surface area contributed by atoms with Crippen molar-refractivity contribution in [3.05, 3.63) is 0 Å². The molecule has 2 saturated heterocycles. The van der Waals surface area contributed by atoms with Crippen molar-refractivity contribution in [1.82, 2.24) is 9.80 Å². The van der Waals surface area contributed by atoms with Crippen molar-refractivity contribution in [3.63, 3.8) is 0 Å². The second kappa shape index (κ2) is 7.90. The predicted molar refractivity (Wildman–Crippen MR) is 85.6 cm³/mol. The van der Waals surface area contributed by atoms with E-state index in [4.69, 9.17) is 11.1 Å². The minimum absolute atomic E-state index is 0.0424. The van der Waals surface area contributed by atoms with E-state index in [1.54, 1.807) is 0 Å². The summed E-state index contributed by atoms with van der Waals surface area (Å²) in [4.78, 5) is 16.5. The number of hydrogen-bond donors (Lipinski definition) is 2. The molecule has 0 saturated carbocycles. The normalized spacial score (nSPS) is 22.5.